The Morgan fingerprint density at radius 2 is 1.96 bits per heavy atom. The topological polar surface area (TPSA) is 111 Å². The molecule has 2 unspecified atom stereocenters. The molecule has 2 aromatic rings. The first-order chi connectivity index (χ1) is 13.5. The van der Waals surface area contributed by atoms with Gasteiger partial charge in [-0.3, -0.25) is 14.6 Å². The first kappa shape index (κ1) is 21.1. The van der Waals surface area contributed by atoms with Crippen LogP contribution in [0.25, 0.3) is 0 Å². The van der Waals surface area contributed by atoms with Gasteiger partial charge in [0.25, 0.3) is 0 Å². The molecule has 8 heteroatoms. The minimum atomic E-state index is -1.24. The summed E-state index contributed by atoms with van der Waals surface area (Å²) in [6.07, 6.45) is 3.86. The van der Waals surface area contributed by atoms with Crippen LogP contribution < -0.4 is 10.1 Å². The summed E-state index contributed by atoms with van der Waals surface area (Å²) in [5, 5.41) is 12.6. The van der Waals surface area contributed by atoms with Crippen LogP contribution in [0.3, 0.4) is 0 Å². The predicted octanol–water partition coefficient (Wildman–Crippen LogP) is 3.38. The Hall–Kier alpha value is -3.16. The number of para-hydroxylation sites is 2. The van der Waals surface area contributed by atoms with Crippen molar-refractivity contribution in [2.45, 2.75) is 32.6 Å². The van der Waals surface area contributed by atoms with Crippen molar-refractivity contribution in [2.75, 3.05) is 19.0 Å². The molecule has 0 saturated heterocycles. The van der Waals surface area contributed by atoms with Crippen LogP contribution in [0, 0.1) is 5.92 Å². The third kappa shape index (κ3) is 5.42. The number of nitrogens with one attached hydrogen (secondary N) is 1. The summed E-state index contributed by atoms with van der Waals surface area (Å²) in [7, 11) is 1.58. The van der Waals surface area contributed by atoms with Crippen LogP contribution in [-0.4, -0.2) is 40.7 Å². The minimum Gasteiger partial charge on any atom is -0.495 e. The number of esters is 1. The highest BCUT2D eigenvalue weighted by molar-refractivity contribution is 5.93. The van der Waals surface area contributed by atoms with Crippen molar-refractivity contribution in [2.24, 2.45) is 5.92 Å². The maximum Gasteiger partial charge on any atom is 0.320 e. The van der Waals surface area contributed by atoms with Crippen molar-refractivity contribution >= 4 is 23.4 Å². The van der Waals surface area contributed by atoms with Gasteiger partial charge >= 0.3 is 11.9 Å². The Balaban J connectivity index is 2.22. The Bertz CT molecular complexity index is 812. The summed E-state index contributed by atoms with van der Waals surface area (Å²) < 4.78 is 10.2. The molecule has 1 heterocycles. The number of hydrogen-bond donors (Lipinski definition) is 2. The molecule has 1 aromatic heterocycles. The maximum atomic E-state index is 12.0. The molecule has 1 aromatic carbocycles. The molecule has 2 rings (SSSR count). The SMILES string of the molecule is CCOC(=O)C(CC(CC)c1cncc(Nc2ccccc2OC)n1)C(=O)O. The summed E-state index contributed by atoms with van der Waals surface area (Å²) in [5.41, 5.74) is 1.34. The van der Waals surface area contributed by atoms with Crippen molar-refractivity contribution in [3.05, 3.63) is 42.4 Å². The number of methoxy groups -OCH3 is 1. The molecule has 0 spiro atoms. The predicted molar refractivity (Wildman–Crippen MR) is 104 cm³/mol. The summed E-state index contributed by atoms with van der Waals surface area (Å²) in [6.45, 7) is 3.70. The van der Waals surface area contributed by atoms with E-state index in [1.165, 1.54) is 0 Å². The zero-order chi connectivity index (χ0) is 20.5. The second kappa shape index (κ2) is 10.2. The van der Waals surface area contributed by atoms with Crippen LogP contribution in [0.15, 0.2) is 36.7 Å². The van der Waals surface area contributed by atoms with Crippen molar-refractivity contribution in [1.82, 2.24) is 9.97 Å². The summed E-state index contributed by atoms with van der Waals surface area (Å²) in [4.78, 5) is 32.3. The standard InChI is InChI=1S/C20H25N3O5/c1-4-13(10-14(19(24)25)20(26)28-5-2)16-11-21-12-18(23-16)22-15-8-6-7-9-17(15)27-3/h6-9,11-14H,4-5,10H2,1-3H3,(H,22,23)(H,24,25). The Morgan fingerprint density at radius 1 is 1.21 bits per heavy atom. The fourth-order valence-electron chi connectivity index (χ4n) is 2.85. The molecule has 0 fully saturated rings. The Morgan fingerprint density at radius 3 is 2.61 bits per heavy atom. The van der Waals surface area contributed by atoms with Gasteiger partial charge < -0.3 is 19.9 Å². The fourth-order valence-corrected chi connectivity index (χ4v) is 2.85. The zero-order valence-electron chi connectivity index (χ0n) is 16.2. The number of anilines is 2. The lowest BCUT2D eigenvalue weighted by molar-refractivity contribution is -0.158. The molecular formula is C20H25N3O5. The molecule has 2 N–H and O–H groups in total. The van der Waals surface area contributed by atoms with E-state index in [1.807, 2.05) is 31.2 Å². The van der Waals surface area contributed by atoms with Crippen molar-refractivity contribution in [3.8, 4) is 5.75 Å². The molecule has 0 bridgehead atoms. The molecular weight excluding hydrogens is 362 g/mol. The number of hydrogen-bond acceptors (Lipinski definition) is 7. The van der Waals surface area contributed by atoms with Gasteiger partial charge in [0.05, 0.1) is 31.3 Å². The monoisotopic (exact) mass is 387 g/mol. The van der Waals surface area contributed by atoms with Gasteiger partial charge in [-0.1, -0.05) is 19.1 Å². The van der Waals surface area contributed by atoms with Crippen LogP contribution in [0.2, 0.25) is 0 Å². The van der Waals surface area contributed by atoms with E-state index < -0.39 is 17.9 Å². The summed E-state index contributed by atoms with van der Waals surface area (Å²) in [6, 6.07) is 7.41. The highest BCUT2D eigenvalue weighted by Crippen LogP contribution is 2.29. The molecule has 150 valence electrons. The van der Waals surface area contributed by atoms with Gasteiger partial charge in [-0.05, 0) is 31.9 Å². The number of aliphatic carboxylic acids is 1. The van der Waals surface area contributed by atoms with Gasteiger partial charge in [-0.2, -0.15) is 0 Å². The van der Waals surface area contributed by atoms with Crippen molar-refractivity contribution in [3.63, 3.8) is 0 Å². The number of aromatic nitrogens is 2. The average molecular weight is 387 g/mol. The van der Waals surface area contributed by atoms with Gasteiger partial charge in [0.15, 0.2) is 5.92 Å². The molecule has 0 amide bonds. The molecule has 0 aliphatic heterocycles. The van der Waals surface area contributed by atoms with Gasteiger partial charge in [-0.25, -0.2) is 4.98 Å². The number of ether oxygens (including phenoxy) is 2. The molecule has 0 saturated carbocycles. The van der Waals surface area contributed by atoms with Crippen LogP contribution in [-0.2, 0) is 14.3 Å². The summed E-state index contributed by atoms with van der Waals surface area (Å²) in [5.74, 6) is -2.26. The lowest BCUT2D eigenvalue weighted by atomic mass is 9.90. The van der Waals surface area contributed by atoms with Gasteiger partial charge in [-0.15, -0.1) is 0 Å². The van der Waals surface area contributed by atoms with E-state index in [9.17, 15) is 14.7 Å². The quantitative estimate of drug-likeness (QED) is 0.471. The minimum absolute atomic E-state index is 0.0947. The highest BCUT2D eigenvalue weighted by atomic mass is 16.5. The molecule has 28 heavy (non-hydrogen) atoms. The zero-order valence-corrected chi connectivity index (χ0v) is 16.2. The lowest BCUT2D eigenvalue weighted by Gasteiger charge is -2.19. The lowest BCUT2D eigenvalue weighted by Crippen LogP contribution is -2.28. The van der Waals surface area contributed by atoms with E-state index in [0.717, 1.165) is 5.69 Å². The number of nitrogens with zero attached hydrogens (tertiary/aromatic N) is 2. The number of rotatable bonds is 10. The van der Waals surface area contributed by atoms with E-state index in [-0.39, 0.29) is 18.9 Å². The molecule has 0 aliphatic carbocycles. The van der Waals surface area contributed by atoms with Crippen LogP contribution in [0.5, 0.6) is 5.75 Å². The summed E-state index contributed by atoms with van der Waals surface area (Å²) >= 11 is 0. The smallest absolute Gasteiger partial charge is 0.320 e. The third-order valence-corrected chi connectivity index (χ3v) is 4.32. The average Bonchev–Trinajstić information content (AvgIpc) is 2.69. The second-order valence-electron chi connectivity index (χ2n) is 6.14. The van der Waals surface area contributed by atoms with Gasteiger partial charge in [0.1, 0.15) is 11.6 Å². The van der Waals surface area contributed by atoms with Crippen molar-refractivity contribution < 1.29 is 24.2 Å². The van der Waals surface area contributed by atoms with E-state index in [4.69, 9.17) is 9.47 Å². The first-order valence-electron chi connectivity index (χ1n) is 9.11. The molecule has 0 aliphatic rings. The first-order valence-corrected chi connectivity index (χ1v) is 9.11. The third-order valence-electron chi connectivity index (χ3n) is 4.32. The number of carboxylic acid groups (broad SMARTS) is 1. The number of benzene rings is 1. The highest BCUT2D eigenvalue weighted by Gasteiger charge is 2.31. The van der Waals surface area contributed by atoms with E-state index in [1.54, 1.807) is 26.4 Å². The Labute approximate surface area is 163 Å². The van der Waals surface area contributed by atoms with Gasteiger partial charge in [0.2, 0.25) is 0 Å². The largest absolute Gasteiger partial charge is 0.495 e. The number of carboxylic acids is 1. The van der Waals surface area contributed by atoms with E-state index in [2.05, 4.69) is 15.3 Å². The van der Waals surface area contributed by atoms with Gasteiger partial charge in [0, 0.05) is 12.1 Å². The van der Waals surface area contributed by atoms with E-state index in [0.29, 0.717) is 23.7 Å². The van der Waals surface area contributed by atoms with Crippen LogP contribution >= 0.6 is 0 Å². The molecule has 8 nitrogen and oxygen atoms in total. The maximum absolute atomic E-state index is 12.0. The number of carbonyl (C=O) groups is 2. The van der Waals surface area contributed by atoms with Crippen molar-refractivity contribution in [1.29, 1.82) is 0 Å². The molecule has 0 radical (unpaired) electrons. The fraction of sp³-hybridized carbons (Fsp3) is 0.400. The van der Waals surface area contributed by atoms with E-state index >= 15 is 0 Å². The molecule has 2 atom stereocenters. The number of carbonyl (C=O) groups excluding carboxylic acids is 1. The Kier molecular flexibility index (Phi) is 7.74. The normalized spacial score (nSPS) is 12.7. The second-order valence-corrected chi connectivity index (χ2v) is 6.14. The van der Waals surface area contributed by atoms with Crippen LogP contribution in [0.1, 0.15) is 38.3 Å². The van der Waals surface area contributed by atoms with Crippen LogP contribution in [0.4, 0.5) is 11.5 Å².